The molecule has 0 bridgehead atoms. The molecule has 0 radical (unpaired) electrons. The van der Waals surface area contributed by atoms with E-state index in [1.54, 1.807) is 0 Å². The molecule has 1 aliphatic rings. The van der Waals surface area contributed by atoms with Gasteiger partial charge in [-0.05, 0) is 29.2 Å². The maximum Gasteiger partial charge on any atom is 0.408 e. The molecule has 23 heavy (non-hydrogen) atoms. The van der Waals surface area contributed by atoms with Crippen molar-refractivity contribution in [3.63, 3.8) is 0 Å². The first kappa shape index (κ1) is 15.1. The first-order valence-corrected chi connectivity index (χ1v) is 7.49. The number of carbonyl (C=O) groups excluding carboxylic acids is 2. The first-order chi connectivity index (χ1) is 11.1. The molecule has 0 aromatic heterocycles. The smallest absolute Gasteiger partial charge is 0.408 e. The van der Waals surface area contributed by atoms with Gasteiger partial charge in [-0.25, -0.2) is 4.79 Å². The van der Waals surface area contributed by atoms with Gasteiger partial charge in [0.1, 0.15) is 12.6 Å². The highest BCUT2D eigenvalue weighted by atomic mass is 16.5. The van der Waals surface area contributed by atoms with Crippen LogP contribution in [0.5, 0.6) is 0 Å². The fourth-order valence-corrected chi connectivity index (χ4v) is 2.41. The van der Waals surface area contributed by atoms with Crippen LogP contribution in [0.2, 0.25) is 0 Å². The van der Waals surface area contributed by atoms with E-state index in [-0.39, 0.29) is 12.5 Å². The second-order valence-electron chi connectivity index (χ2n) is 5.53. The predicted octanol–water partition coefficient (Wildman–Crippen LogP) is 2.39. The van der Waals surface area contributed by atoms with Gasteiger partial charge in [-0.2, -0.15) is 0 Å². The van der Waals surface area contributed by atoms with Crippen LogP contribution in [-0.2, 0) is 16.1 Å². The number of alkyl carbamates (subject to hydrolysis) is 1. The maximum absolute atomic E-state index is 11.6. The summed E-state index contributed by atoms with van der Waals surface area (Å²) in [4.78, 5) is 22.6. The summed E-state index contributed by atoms with van der Waals surface area (Å²) in [7, 11) is 0. The zero-order valence-corrected chi connectivity index (χ0v) is 12.8. The van der Waals surface area contributed by atoms with Crippen molar-refractivity contribution in [2.24, 2.45) is 0 Å². The Hall–Kier alpha value is -2.82. The number of hydrogen-bond donors (Lipinski definition) is 2. The van der Waals surface area contributed by atoms with Crippen molar-refractivity contribution in [2.45, 2.75) is 19.6 Å². The molecule has 5 nitrogen and oxygen atoms in total. The molecule has 0 unspecified atom stereocenters. The minimum Gasteiger partial charge on any atom is -0.445 e. The highest BCUT2D eigenvalue weighted by Gasteiger charge is 2.29. The minimum absolute atomic E-state index is 0.175. The third-order valence-electron chi connectivity index (χ3n) is 3.87. The van der Waals surface area contributed by atoms with Crippen LogP contribution < -0.4 is 10.6 Å². The molecular formula is C18H18N2O3. The number of ether oxygens (including phenoxy) is 1. The molecule has 118 valence electrons. The van der Waals surface area contributed by atoms with Crippen molar-refractivity contribution >= 4 is 12.0 Å². The summed E-state index contributed by atoms with van der Waals surface area (Å²) in [5, 5.41) is 5.06. The molecule has 0 aliphatic carbocycles. The van der Waals surface area contributed by atoms with E-state index in [4.69, 9.17) is 4.74 Å². The maximum atomic E-state index is 11.6. The van der Waals surface area contributed by atoms with Crippen LogP contribution in [0.25, 0.3) is 11.1 Å². The molecular weight excluding hydrogens is 292 g/mol. The lowest BCUT2D eigenvalue weighted by Crippen LogP contribution is -2.61. The monoisotopic (exact) mass is 310 g/mol. The molecule has 2 amide bonds. The predicted molar refractivity (Wildman–Crippen MR) is 86.7 cm³/mol. The fraction of sp³-hybridized carbons (Fsp3) is 0.222. The summed E-state index contributed by atoms with van der Waals surface area (Å²) in [6, 6.07) is 15.6. The Morgan fingerprint density at radius 1 is 1.22 bits per heavy atom. The molecule has 5 heteroatoms. The lowest BCUT2D eigenvalue weighted by Gasteiger charge is -2.26. The number of amides is 2. The average Bonchev–Trinajstić information content (AvgIpc) is 2.57. The van der Waals surface area contributed by atoms with E-state index in [2.05, 4.69) is 29.7 Å². The lowest BCUT2D eigenvalue weighted by molar-refractivity contribution is -0.128. The first-order valence-electron chi connectivity index (χ1n) is 7.49. The standard InChI is InChI=1S/C18H18N2O3/c1-12-4-2-3-5-15(12)14-8-6-13(7-9-14)11-23-18(22)20-16-10-19-17(16)21/h2-9,16H,10-11H2,1H3,(H,19,21)(H,20,22)/t16-/m0/s1. The molecule has 2 aromatic carbocycles. The summed E-state index contributed by atoms with van der Waals surface area (Å²) in [6.07, 6.45) is -0.576. The lowest BCUT2D eigenvalue weighted by atomic mass is 10.00. The van der Waals surface area contributed by atoms with Gasteiger partial charge < -0.3 is 15.4 Å². The van der Waals surface area contributed by atoms with E-state index in [0.717, 1.165) is 11.1 Å². The van der Waals surface area contributed by atoms with E-state index in [1.807, 2.05) is 36.4 Å². The van der Waals surface area contributed by atoms with Gasteiger partial charge in [-0.15, -0.1) is 0 Å². The molecule has 2 N–H and O–H groups in total. The van der Waals surface area contributed by atoms with E-state index in [1.165, 1.54) is 11.1 Å². The SMILES string of the molecule is Cc1ccccc1-c1ccc(COC(=O)N[C@H]2CNC2=O)cc1. The van der Waals surface area contributed by atoms with Crippen LogP contribution in [0.3, 0.4) is 0 Å². The van der Waals surface area contributed by atoms with Crippen molar-refractivity contribution < 1.29 is 14.3 Å². The van der Waals surface area contributed by atoms with E-state index < -0.39 is 12.1 Å². The highest BCUT2D eigenvalue weighted by Crippen LogP contribution is 2.23. The Labute approximate surface area is 134 Å². The Kier molecular flexibility index (Phi) is 4.28. The number of nitrogens with one attached hydrogen (secondary N) is 2. The number of benzene rings is 2. The molecule has 1 heterocycles. The molecule has 2 aromatic rings. The minimum atomic E-state index is -0.576. The number of carbonyl (C=O) groups is 2. The second-order valence-corrected chi connectivity index (χ2v) is 5.53. The van der Waals surface area contributed by atoms with E-state index in [9.17, 15) is 9.59 Å². The Morgan fingerprint density at radius 2 is 1.96 bits per heavy atom. The Balaban J connectivity index is 1.56. The van der Waals surface area contributed by atoms with Crippen molar-refractivity contribution in [3.05, 3.63) is 59.7 Å². The number of hydrogen-bond acceptors (Lipinski definition) is 3. The van der Waals surface area contributed by atoms with Gasteiger partial charge in [0.2, 0.25) is 5.91 Å². The number of β-lactam (4-membered cyclic amide) rings is 1. The van der Waals surface area contributed by atoms with Crippen LogP contribution in [0.1, 0.15) is 11.1 Å². The summed E-state index contributed by atoms with van der Waals surface area (Å²) in [6.45, 7) is 2.71. The van der Waals surface area contributed by atoms with Gasteiger partial charge in [0.15, 0.2) is 0 Å². The molecule has 1 fully saturated rings. The topological polar surface area (TPSA) is 67.4 Å². The van der Waals surface area contributed by atoms with Crippen LogP contribution >= 0.6 is 0 Å². The fourth-order valence-electron chi connectivity index (χ4n) is 2.41. The Bertz CT molecular complexity index is 725. The van der Waals surface area contributed by atoms with Crippen molar-refractivity contribution in [1.82, 2.24) is 10.6 Å². The summed E-state index contributed by atoms with van der Waals surface area (Å²) in [5.74, 6) is -0.176. The summed E-state index contributed by atoms with van der Waals surface area (Å²) < 4.78 is 5.12. The largest absolute Gasteiger partial charge is 0.445 e. The molecule has 1 saturated heterocycles. The van der Waals surface area contributed by atoms with E-state index in [0.29, 0.717) is 6.54 Å². The molecule has 0 spiro atoms. The van der Waals surface area contributed by atoms with Crippen LogP contribution in [0.4, 0.5) is 4.79 Å². The zero-order chi connectivity index (χ0) is 16.2. The van der Waals surface area contributed by atoms with Gasteiger partial charge in [-0.3, -0.25) is 4.79 Å². The van der Waals surface area contributed by atoms with Gasteiger partial charge in [0, 0.05) is 6.54 Å². The number of aryl methyl sites for hydroxylation is 1. The van der Waals surface area contributed by atoms with Crippen molar-refractivity contribution in [1.29, 1.82) is 0 Å². The second kappa shape index (κ2) is 6.52. The normalized spacial score (nSPS) is 16.2. The van der Waals surface area contributed by atoms with Gasteiger partial charge in [0.05, 0.1) is 0 Å². The summed E-state index contributed by atoms with van der Waals surface area (Å²) >= 11 is 0. The van der Waals surface area contributed by atoms with Crippen LogP contribution in [0, 0.1) is 6.92 Å². The average molecular weight is 310 g/mol. The van der Waals surface area contributed by atoms with Crippen molar-refractivity contribution in [3.8, 4) is 11.1 Å². The van der Waals surface area contributed by atoms with Gasteiger partial charge in [0.25, 0.3) is 0 Å². The quantitative estimate of drug-likeness (QED) is 0.852. The Morgan fingerprint density at radius 3 is 2.57 bits per heavy atom. The van der Waals surface area contributed by atoms with Crippen molar-refractivity contribution in [2.75, 3.05) is 6.54 Å². The molecule has 0 saturated carbocycles. The van der Waals surface area contributed by atoms with Gasteiger partial charge >= 0.3 is 6.09 Å². The number of rotatable bonds is 4. The molecule has 3 rings (SSSR count). The van der Waals surface area contributed by atoms with Crippen LogP contribution in [0.15, 0.2) is 48.5 Å². The van der Waals surface area contributed by atoms with Gasteiger partial charge in [-0.1, -0.05) is 48.5 Å². The summed E-state index contributed by atoms with van der Waals surface area (Å²) in [5.41, 5.74) is 4.43. The molecule has 1 aliphatic heterocycles. The third kappa shape index (κ3) is 3.51. The molecule has 1 atom stereocenters. The van der Waals surface area contributed by atoms with Crippen LogP contribution in [-0.4, -0.2) is 24.6 Å². The third-order valence-corrected chi connectivity index (χ3v) is 3.87. The van der Waals surface area contributed by atoms with E-state index >= 15 is 0 Å². The zero-order valence-electron chi connectivity index (χ0n) is 12.8. The highest BCUT2D eigenvalue weighted by molar-refractivity contribution is 5.90.